The van der Waals surface area contributed by atoms with Gasteiger partial charge in [-0.05, 0) is 74.8 Å². The summed E-state index contributed by atoms with van der Waals surface area (Å²) in [4.78, 5) is 140. The van der Waals surface area contributed by atoms with Gasteiger partial charge in [0.1, 0.15) is 42.3 Å². The Morgan fingerprint density at radius 2 is 1.09 bits per heavy atom. The Morgan fingerprint density at radius 3 is 1.58 bits per heavy atom. The van der Waals surface area contributed by atoms with Crippen LogP contribution in [0.2, 0.25) is 0 Å². The van der Waals surface area contributed by atoms with Crippen LogP contribution < -0.4 is 16.0 Å². The maximum absolute atomic E-state index is 15.3. The largest absolute Gasteiger partial charge is 0.450 e. The first-order valence-electron chi connectivity index (χ1n) is 28.4. The number of hydrogen-bond acceptors (Lipinski definition) is 11. The van der Waals surface area contributed by atoms with Gasteiger partial charge in [0.25, 0.3) is 5.91 Å². The molecule has 2 fully saturated rings. The zero-order valence-corrected chi connectivity index (χ0v) is 49.6. The number of esters is 1. The normalized spacial score (nSPS) is 26.1. The number of ether oxygens (including phenoxy) is 1. The number of nitrogens with one attached hydrogen (secondary N) is 3. The molecule has 0 bridgehead atoms. The summed E-state index contributed by atoms with van der Waals surface area (Å²) in [6, 6.07) is 8.20. The molecule has 79 heavy (non-hydrogen) atoms. The third-order valence-electron chi connectivity index (χ3n) is 15.5. The van der Waals surface area contributed by atoms with Crippen LogP contribution in [-0.4, -0.2) is 178 Å². The molecule has 2 heterocycles. The predicted octanol–water partition coefficient (Wildman–Crippen LogP) is 4.52. The Bertz CT molecular complexity index is 2410. The van der Waals surface area contributed by atoms with Crippen molar-refractivity contribution < 1.29 is 53.0 Å². The Kier molecular flexibility index (Phi) is 24.1. The fraction of sp³-hybridized carbons (Fsp3) is 0.650. The minimum absolute atomic E-state index is 0.00463. The first-order chi connectivity index (χ1) is 37.1. The molecule has 19 heteroatoms. The van der Waals surface area contributed by atoms with Gasteiger partial charge in [0.05, 0.1) is 5.60 Å². The lowest BCUT2D eigenvalue weighted by Gasteiger charge is -2.39. The van der Waals surface area contributed by atoms with E-state index in [4.69, 9.17) is 4.74 Å². The Morgan fingerprint density at radius 1 is 0.608 bits per heavy atom. The predicted molar refractivity (Wildman–Crippen MR) is 301 cm³/mol. The Labute approximate surface area is 469 Å². The summed E-state index contributed by atoms with van der Waals surface area (Å²) in [7, 11) is 5.68. The molecule has 438 valence electrons. The van der Waals surface area contributed by atoms with Crippen molar-refractivity contribution in [3.63, 3.8) is 0 Å². The highest BCUT2D eigenvalue weighted by molar-refractivity contribution is 5.99. The molecule has 2 aromatic rings. The van der Waals surface area contributed by atoms with E-state index in [0.29, 0.717) is 31.2 Å². The van der Waals surface area contributed by atoms with Gasteiger partial charge in [0.15, 0.2) is 12.1 Å². The molecule has 8 amide bonds. The Balaban J connectivity index is 1.97. The van der Waals surface area contributed by atoms with Crippen molar-refractivity contribution in [3.8, 4) is 0 Å². The minimum Gasteiger partial charge on any atom is -0.450 e. The second-order valence-corrected chi connectivity index (χ2v) is 23.5. The monoisotopic (exact) mass is 1100 g/mol. The second-order valence-electron chi connectivity index (χ2n) is 23.5. The number of carbonyl (C=O) groups is 9. The van der Waals surface area contributed by atoms with E-state index in [0.717, 1.165) is 10.5 Å². The molecular formula is C60H92N8O11. The van der Waals surface area contributed by atoms with Crippen molar-refractivity contribution in [1.82, 2.24) is 40.4 Å². The summed E-state index contributed by atoms with van der Waals surface area (Å²) in [6.07, 6.45) is 1.10. The first kappa shape index (κ1) is 65.2. The topological polar surface area (TPSA) is 235 Å². The van der Waals surface area contributed by atoms with Crippen molar-refractivity contribution in [2.45, 2.75) is 194 Å². The number of likely N-dealkylation sites (N-methyl/N-ethyl adjacent to an activating group) is 4. The minimum atomic E-state index is -1.97. The molecular weight excluding hydrogens is 1010 g/mol. The number of carbonyl (C=O) groups excluding carboxylic acids is 9. The number of rotatable bonds is 14. The van der Waals surface area contributed by atoms with E-state index in [-0.39, 0.29) is 44.6 Å². The SMILES string of the molecule is CCCC[C@@H]1NC(=O)[C@@H]2CCCN2C(=O)[C@H](Cc2ccccc2)N(C)C(=O)[C@H](Cc2ccccc2)NC(=O)[C@H](C(C)C)N(C)C(=O)[C@@H]([C@H](C)CC)OC(=O)[C@H](C(C)(C)O)N(C)C(=O)[C@H](CC(C)C)NC(=O)[C@H](C(C)C)N(C)C1=O. The van der Waals surface area contributed by atoms with Crippen LogP contribution in [0.1, 0.15) is 132 Å². The molecule has 0 aliphatic carbocycles. The zero-order chi connectivity index (χ0) is 59.2. The molecule has 2 aliphatic rings. The molecule has 2 saturated heterocycles. The molecule has 0 radical (unpaired) electrons. The maximum atomic E-state index is 15.3. The second kappa shape index (κ2) is 29.2. The molecule has 4 N–H and O–H groups in total. The zero-order valence-electron chi connectivity index (χ0n) is 49.6. The number of benzene rings is 2. The summed E-state index contributed by atoms with van der Waals surface area (Å²) >= 11 is 0. The molecule has 0 spiro atoms. The van der Waals surface area contributed by atoms with Crippen LogP contribution in [0.4, 0.5) is 0 Å². The smallest absolute Gasteiger partial charge is 0.332 e. The van der Waals surface area contributed by atoms with Gasteiger partial charge in [0.2, 0.25) is 41.4 Å². The van der Waals surface area contributed by atoms with Gasteiger partial charge in [-0.1, -0.05) is 136 Å². The fourth-order valence-corrected chi connectivity index (χ4v) is 11.0. The van der Waals surface area contributed by atoms with E-state index in [1.807, 2.05) is 69.3 Å². The van der Waals surface area contributed by atoms with Gasteiger partial charge in [-0.15, -0.1) is 0 Å². The molecule has 10 atom stereocenters. The van der Waals surface area contributed by atoms with Crippen molar-refractivity contribution in [2.75, 3.05) is 34.7 Å². The van der Waals surface area contributed by atoms with Crippen molar-refractivity contribution in [3.05, 3.63) is 71.8 Å². The average molecular weight is 1100 g/mol. The third kappa shape index (κ3) is 16.8. The van der Waals surface area contributed by atoms with E-state index in [2.05, 4.69) is 16.0 Å². The van der Waals surface area contributed by atoms with Crippen molar-refractivity contribution in [1.29, 1.82) is 0 Å². The van der Waals surface area contributed by atoms with Gasteiger partial charge in [-0.3, -0.25) is 38.4 Å². The number of unbranched alkanes of at least 4 members (excludes halogenated alkanes) is 1. The fourth-order valence-electron chi connectivity index (χ4n) is 11.0. The van der Waals surface area contributed by atoms with Crippen LogP contribution in [0.25, 0.3) is 0 Å². The quantitative estimate of drug-likeness (QED) is 0.192. The lowest BCUT2D eigenvalue weighted by atomic mass is 9.94. The molecule has 19 nitrogen and oxygen atoms in total. The molecule has 0 unspecified atom stereocenters. The number of fused-ring (bicyclic) bond motifs is 1. The van der Waals surface area contributed by atoms with E-state index in [9.17, 15) is 38.7 Å². The van der Waals surface area contributed by atoms with Gasteiger partial charge in [0, 0.05) is 53.5 Å². The molecule has 2 aliphatic heterocycles. The van der Waals surface area contributed by atoms with Gasteiger partial charge < -0.3 is 50.3 Å². The van der Waals surface area contributed by atoms with Crippen molar-refractivity contribution in [2.24, 2.45) is 23.7 Å². The van der Waals surface area contributed by atoms with Crippen LogP contribution in [0.5, 0.6) is 0 Å². The number of nitrogens with zero attached hydrogens (tertiary/aromatic N) is 5. The highest BCUT2D eigenvalue weighted by atomic mass is 16.6. The molecule has 0 aromatic heterocycles. The molecule has 2 aromatic carbocycles. The maximum Gasteiger partial charge on any atom is 0.332 e. The number of amides is 8. The average Bonchev–Trinajstić information content (AvgIpc) is 3.92. The first-order valence-corrected chi connectivity index (χ1v) is 28.4. The van der Waals surface area contributed by atoms with E-state index in [1.54, 1.807) is 53.7 Å². The Hall–Kier alpha value is -6.37. The molecule has 4 rings (SSSR count). The summed E-state index contributed by atoms with van der Waals surface area (Å²) in [6.45, 7) is 18.9. The number of cyclic esters (lactones) is 1. The third-order valence-corrected chi connectivity index (χ3v) is 15.5. The van der Waals surface area contributed by atoms with E-state index < -0.39 is 131 Å². The van der Waals surface area contributed by atoms with Crippen LogP contribution >= 0.6 is 0 Å². The summed E-state index contributed by atoms with van der Waals surface area (Å²) in [5, 5.41) is 20.4. The van der Waals surface area contributed by atoms with Gasteiger partial charge >= 0.3 is 5.97 Å². The summed E-state index contributed by atoms with van der Waals surface area (Å²) < 4.78 is 6.09. The van der Waals surface area contributed by atoms with Crippen LogP contribution in [0.3, 0.4) is 0 Å². The summed E-state index contributed by atoms with van der Waals surface area (Å²) in [5.74, 6) is -8.14. The van der Waals surface area contributed by atoms with Crippen LogP contribution in [0.15, 0.2) is 60.7 Å². The number of hydrogen-bond donors (Lipinski definition) is 4. The molecule has 0 saturated carbocycles. The van der Waals surface area contributed by atoms with Gasteiger partial charge in [-0.2, -0.15) is 0 Å². The van der Waals surface area contributed by atoms with Crippen LogP contribution in [-0.2, 0) is 60.7 Å². The lowest BCUT2D eigenvalue weighted by Crippen LogP contribution is -2.62. The van der Waals surface area contributed by atoms with E-state index in [1.165, 1.54) is 61.6 Å². The van der Waals surface area contributed by atoms with Gasteiger partial charge in [-0.25, -0.2) is 4.79 Å². The van der Waals surface area contributed by atoms with E-state index >= 15 is 9.59 Å². The highest BCUT2D eigenvalue weighted by Crippen LogP contribution is 2.27. The summed E-state index contributed by atoms with van der Waals surface area (Å²) in [5.41, 5.74) is -0.545. The van der Waals surface area contributed by atoms with Crippen LogP contribution in [0, 0.1) is 23.7 Å². The van der Waals surface area contributed by atoms with Crippen molar-refractivity contribution >= 4 is 53.2 Å². The number of aliphatic hydroxyl groups is 1. The standard InChI is InChI=1S/C60H92N8O11/c1-16-18-30-42-54(72)65(13)47(37(5)6)52(70)62-43(33-36(3)4)56(74)67(15)50(60(10,11)78)59(77)79-49(39(9)17-2)58(76)66(14)48(38(7)8)53(71)63-44(34-40-26-21-19-22-27-40)55(73)64(12)46(35-41-28-23-20-24-29-41)57(75)68-32-25-31-45(68)51(69)61-42/h19-24,26-29,36-39,42-50,78H,16-18,25,30-35H2,1-15H3,(H,61,69)(H,62,70)(H,63,71)/t39-,42+,43+,44+,45+,46+,47+,48+,49-,50-/m1/s1. The highest BCUT2D eigenvalue weighted by Gasteiger charge is 2.48. The lowest BCUT2D eigenvalue weighted by molar-refractivity contribution is -0.177.